The number of nitrogens with one attached hydrogen (secondary N) is 2. The highest BCUT2D eigenvalue weighted by molar-refractivity contribution is 7.98. The van der Waals surface area contributed by atoms with E-state index in [-0.39, 0.29) is 35.2 Å². The molecular formula is C21H19N3O4S. The summed E-state index contributed by atoms with van der Waals surface area (Å²) in [4.78, 5) is 32.4. The van der Waals surface area contributed by atoms with E-state index in [1.807, 2.05) is 30.3 Å². The van der Waals surface area contributed by atoms with Crippen molar-refractivity contribution in [2.75, 3.05) is 12.4 Å². The Morgan fingerprint density at radius 3 is 2.76 bits per heavy atom. The van der Waals surface area contributed by atoms with Crippen LogP contribution in [0.1, 0.15) is 29.0 Å². The maximum absolute atomic E-state index is 12.9. The van der Waals surface area contributed by atoms with E-state index in [1.165, 1.54) is 24.9 Å². The first-order valence-electron chi connectivity index (χ1n) is 9.03. The highest BCUT2D eigenvalue weighted by atomic mass is 32.2. The molecule has 7 nitrogen and oxygen atoms in total. The number of carbonyl (C=O) groups excluding carboxylic acids is 1. The smallest absolute Gasteiger partial charge is 0.257 e. The second-order valence-corrected chi connectivity index (χ2v) is 7.61. The van der Waals surface area contributed by atoms with Crippen molar-refractivity contribution >= 4 is 23.5 Å². The Labute approximate surface area is 171 Å². The first kappa shape index (κ1) is 19.1. The van der Waals surface area contributed by atoms with Gasteiger partial charge in [-0.25, -0.2) is 4.98 Å². The number of hydrogen-bond acceptors (Lipinski definition) is 6. The number of hydrogen-bond donors (Lipinski definition) is 3. The van der Waals surface area contributed by atoms with Gasteiger partial charge in [0, 0.05) is 18.1 Å². The minimum atomic E-state index is -0.474. The van der Waals surface area contributed by atoms with E-state index in [2.05, 4.69) is 15.3 Å². The zero-order chi connectivity index (χ0) is 20.4. The molecule has 0 spiro atoms. The zero-order valence-electron chi connectivity index (χ0n) is 15.6. The van der Waals surface area contributed by atoms with E-state index in [9.17, 15) is 14.7 Å². The molecule has 0 unspecified atom stereocenters. The minimum absolute atomic E-state index is 0.00331. The van der Waals surface area contributed by atoms with Crippen LogP contribution >= 0.6 is 11.8 Å². The number of nitrogens with zero attached hydrogens (tertiary/aromatic N) is 1. The van der Waals surface area contributed by atoms with Gasteiger partial charge in [-0.05, 0) is 23.3 Å². The molecule has 0 saturated carbocycles. The van der Waals surface area contributed by atoms with Crippen molar-refractivity contribution < 1.29 is 14.6 Å². The van der Waals surface area contributed by atoms with Crippen LogP contribution in [0.3, 0.4) is 0 Å². The number of ether oxygens (including phenoxy) is 1. The largest absolute Gasteiger partial charge is 0.504 e. The monoisotopic (exact) mass is 409 g/mol. The fraction of sp³-hybridized carbons (Fsp3) is 0.190. The van der Waals surface area contributed by atoms with E-state index in [0.29, 0.717) is 22.0 Å². The van der Waals surface area contributed by atoms with Crippen molar-refractivity contribution in [2.45, 2.75) is 23.2 Å². The number of H-pyrrole nitrogens is 1. The van der Waals surface area contributed by atoms with Crippen molar-refractivity contribution in [3.8, 4) is 11.5 Å². The van der Waals surface area contributed by atoms with Gasteiger partial charge in [0.15, 0.2) is 16.7 Å². The highest BCUT2D eigenvalue weighted by Gasteiger charge is 2.31. The Bertz CT molecular complexity index is 1110. The molecule has 1 aliphatic rings. The van der Waals surface area contributed by atoms with Crippen molar-refractivity contribution in [3.63, 3.8) is 0 Å². The van der Waals surface area contributed by atoms with Gasteiger partial charge < -0.3 is 20.1 Å². The molecule has 2 heterocycles. The number of phenolic OH excluding ortho intramolecular Hbond substituents is 1. The van der Waals surface area contributed by atoms with Gasteiger partial charge in [-0.2, -0.15) is 0 Å². The molecule has 3 aromatic rings. The average Bonchev–Trinajstić information content (AvgIpc) is 2.72. The van der Waals surface area contributed by atoms with Gasteiger partial charge in [0.25, 0.3) is 5.56 Å². The van der Waals surface area contributed by atoms with Crippen LogP contribution in [-0.4, -0.2) is 28.1 Å². The third-order valence-electron chi connectivity index (χ3n) is 4.75. The zero-order valence-corrected chi connectivity index (χ0v) is 16.5. The predicted octanol–water partition coefficient (Wildman–Crippen LogP) is 3.25. The molecule has 29 heavy (non-hydrogen) atoms. The molecule has 2 aromatic carbocycles. The Kier molecular flexibility index (Phi) is 5.26. The fourth-order valence-electron chi connectivity index (χ4n) is 3.34. The number of carbonyl (C=O) groups is 1. The Hall–Kier alpha value is -3.26. The van der Waals surface area contributed by atoms with Gasteiger partial charge in [0.1, 0.15) is 5.82 Å². The number of rotatable bonds is 5. The van der Waals surface area contributed by atoms with Gasteiger partial charge in [-0.1, -0.05) is 48.2 Å². The lowest BCUT2D eigenvalue weighted by atomic mass is 9.86. The summed E-state index contributed by atoms with van der Waals surface area (Å²) in [6.45, 7) is 0. The number of thioether (sulfide) groups is 1. The predicted molar refractivity (Wildman–Crippen MR) is 111 cm³/mol. The third kappa shape index (κ3) is 3.97. The molecule has 0 radical (unpaired) electrons. The SMILES string of the molecule is COc1cc([C@@H]2CC(=O)Nc3nc(SCc4ccccc4)[nH]c(=O)c32)ccc1O. The molecule has 1 aromatic heterocycles. The van der Waals surface area contributed by atoms with Crippen LogP contribution in [-0.2, 0) is 10.5 Å². The van der Waals surface area contributed by atoms with E-state index < -0.39 is 5.92 Å². The quantitative estimate of drug-likeness (QED) is 0.441. The summed E-state index contributed by atoms with van der Waals surface area (Å²) in [5.74, 6) is 0.516. The van der Waals surface area contributed by atoms with E-state index >= 15 is 0 Å². The van der Waals surface area contributed by atoms with Crippen LogP contribution < -0.4 is 15.6 Å². The number of anilines is 1. The molecule has 148 valence electrons. The molecule has 0 fully saturated rings. The lowest BCUT2D eigenvalue weighted by Crippen LogP contribution is -2.31. The van der Waals surface area contributed by atoms with Crippen LogP contribution in [0.5, 0.6) is 11.5 Å². The molecule has 1 amide bonds. The van der Waals surface area contributed by atoms with Crippen molar-refractivity contribution in [1.82, 2.24) is 9.97 Å². The van der Waals surface area contributed by atoms with Gasteiger partial charge in [-0.3, -0.25) is 9.59 Å². The molecule has 0 saturated heterocycles. The van der Waals surface area contributed by atoms with Crippen LogP contribution in [0.2, 0.25) is 0 Å². The fourth-order valence-corrected chi connectivity index (χ4v) is 4.16. The number of methoxy groups -OCH3 is 1. The molecule has 0 bridgehead atoms. The molecule has 1 aliphatic heterocycles. The number of phenols is 1. The van der Waals surface area contributed by atoms with Gasteiger partial charge >= 0.3 is 0 Å². The van der Waals surface area contributed by atoms with Gasteiger partial charge in [0.2, 0.25) is 5.91 Å². The lowest BCUT2D eigenvalue weighted by Gasteiger charge is -2.25. The molecule has 1 atom stereocenters. The van der Waals surface area contributed by atoms with Crippen LogP contribution in [0.15, 0.2) is 58.5 Å². The Morgan fingerprint density at radius 2 is 2.00 bits per heavy atom. The number of aromatic hydroxyl groups is 1. The first-order valence-corrected chi connectivity index (χ1v) is 10.0. The number of amides is 1. The summed E-state index contributed by atoms with van der Waals surface area (Å²) in [6, 6.07) is 14.7. The molecule has 3 N–H and O–H groups in total. The Balaban J connectivity index is 1.68. The van der Waals surface area contributed by atoms with Crippen LogP contribution in [0, 0.1) is 0 Å². The number of fused-ring (bicyclic) bond motifs is 1. The summed E-state index contributed by atoms with van der Waals surface area (Å²) in [6.07, 6.45) is 0.113. The minimum Gasteiger partial charge on any atom is -0.504 e. The molecule has 0 aliphatic carbocycles. The summed E-state index contributed by atoms with van der Waals surface area (Å²) in [5, 5.41) is 13.0. The maximum Gasteiger partial charge on any atom is 0.257 e. The van der Waals surface area contributed by atoms with Gasteiger partial charge in [-0.15, -0.1) is 0 Å². The summed E-state index contributed by atoms with van der Waals surface area (Å²) >= 11 is 1.40. The number of benzene rings is 2. The highest BCUT2D eigenvalue weighted by Crippen LogP contribution is 2.38. The standard InChI is InChI=1S/C21H19N3O4S/c1-28-16-9-13(7-8-15(16)25)14-10-17(26)22-19-18(14)20(27)24-21(23-19)29-11-12-5-3-2-4-6-12/h2-9,14,25H,10-11H2,1H3,(H2,22,23,24,26,27)/t14-/m0/s1. The van der Waals surface area contributed by atoms with Crippen molar-refractivity contribution in [1.29, 1.82) is 0 Å². The van der Waals surface area contributed by atoms with E-state index in [1.54, 1.807) is 12.1 Å². The van der Waals surface area contributed by atoms with E-state index in [0.717, 1.165) is 5.56 Å². The molecular weight excluding hydrogens is 390 g/mol. The maximum atomic E-state index is 12.9. The number of aromatic amines is 1. The summed E-state index contributed by atoms with van der Waals surface area (Å²) in [5.41, 5.74) is 1.92. The molecule has 8 heteroatoms. The van der Waals surface area contributed by atoms with E-state index in [4.69, 9.17) is 4.74 Å². The number of aromatic nitrogens is 2. The van der Waals surface area contributed by atoms with Gasteiger partial charge in [0.05, 0.1) is 12.7 Å². The lowest BCUT2D eigenvalue weighted by molar-refractivity contribution is -0.116. The van der Waals surface area contributed by atoms with Crippen molar-refractivity contribution in [3.05, 3.63) is 75.6 Å². The van der Waals surface area contributed by atoms with Crippen LogP contribution in [0.4, 0.5) is 5.82 Å². The summed E-state index contributed by atoms with van der Waals surface area (Å²) < 4.78 is 5.16. The third-order valence-corrected chi connectivity index (χ3v) is 5.70. The summed E-state index contributed by atoms with van der Waals surface area (Å²) in [7, 11) is 1.45. The second-order valence-electron chi connectivity index (χ2n) is 6.64. The second kappa shape index (κ2) is 8.00. The van der Waals surface area contributed by atoms with Crippen LogP contribution in [0.25, 0.3) is 0 Å². The van der Waals surface area contributed by atoms with Crippen molar-refractivity contribution in [2.24, 2.45) is 0 Å². The molecule has 4 rings (SSSR count). The first-order chi connectivity index (χ1) is 14.0. The average molecular weight is 409 g/mol. The normalized spacial score (nSPS) is 15.5. The Morgan fingerprint density at radius 1 is 1.21 bits per heavy atom. The topological polar surface area (TPSA) is 104 Å².